The van der Waals surface area contributed by atoms with E-state index in [0.29, 0.717) is 17.0 Å². The van der Waals surface area contributed by atoms with Crippen LogP contribution in [-0.4, -0.2) is 21.9 Å². The highest BCUT2D eigenvalue weighted by molar-refractivity contribution is 6.23. The Morgan fingerprint density at radius 3 is 2.30 bits per heavy atom. The molecule has 140 valence electrons. The summed E-state index contributed by atoms with van der Waals surface area (Å²) in [5, 5.41) is 9.87. The summed E-state index contributed by atoms with van der Waals surface area (Å²) in [6.07, 6.45) is 0. The van der Waals surface area contributed by atoms with Gasteiger partial charge in [-0.2, -0.15) is 19.1 Å². The Morgan fingerprint density at radius 1 is 1.19 bits per heavy atom. The average Bonchev–Trinajstić information content (AvgIpc) is 2.99. The number of nitrogens with zero attached hydrogens (tertiary/aromatic N) is 4. The largest absolute Gasteiger partial charge is 0.497 e. The van der Waals surface area contributed by atoms with Gasteiger partial charge in [0.25, 0.3) is 0 Å². The van der Waals surface area contributed by atoms with Crippen LogP contribution in [0.25, 0.3) is 22.3 Å². The van der Waals surface area contributed by atoms with Gasteiger partial charge in [-0.05, 0) is 62.7 Å². The van der Waals surface area contributed by atoms with E-state index in [4.69, 9.17) is 16.3 Å². The van der Waals surface area contributed by atoms with Gasteiger partial charge in [0.2, 0.25) is 0 Å². The van der Waals surface area contributed by atoms with Crippen molar-refractivity contribution in [2.45, 2.75) is 31.7 Å². The number of rotatable bonds is 3. The standard InChI is InChI=1S/C19H17ClF2N4O/c1-18(2,3)26-17-16(15(10-23)25-26)13(19(20,21)22)9-14(24-17)11-5-7-12(27-4)8-6-11/h5-9H,1-4H3. The second-order valence-electron chi connectivity index (χ2n) is 7.02. The predicted octanol–water partition coefficient (Wildman–Crippen LogP) is 5.02. The number of fused-ring (bicyclic) bond motifs is 1. The van der Waals surface area contributed by atoms with Gasteiger partial charge in [0.1, 0.15) is 11.8 Å². The van der Waals surface area contributed by atoms with E-state index in [1.807, 2.05) is 26.8 Å². The van der Waals surface area contributed by atoms with Crippen LogP contribution >= 0.6 is 11.6 Å². The zero-order valence-electron chi connectivity index (χ0n) is 15.2. The van der Waals surface area contributed by atoms with Gasteiger partial charge in [-0.15, -0.1) is 0 Å². The van der Waals surface area contributed by atoms with Crippen molar-refractivity contribution in [3.8, 4) is 23.1 Å². The topological polar surface area (TPSA) is 63.7 Å². The zero-order chi connectivity index (χ0) is 20.0. The number of nitriles is 1. The van der Waals surface area contributed by atoms with E-state index in [1.165, 1.54) is 17.9 Å². The molecule has 3 aromatic rings. The molecule has 27 heavy (non-hydrogen) atoms. The fourth-order valence-corrected chi connectivity index (χ4v) is 2.94. The lowest BCUT2D eigenvalue weighted by Gasteiger charge is -2.20. The minimum atomic E-state index is -3.68. The average molecular weight is 391 g/mol. The van der Waals surface area contributed by atoms with Crippen molar-refractivity contribution in [3.05, 3.63) is 41.6 Å². The van der Waals surface area contributed by atoms with Crippen LogP contribution in [-0.2, 0) is 10.9 Å². The van der Waals surface area contributed by atoms with E-state index in [0.717, 1.165) is 0 Å². The van der Waals surface area contributed by atoms with Crippen LogP contribution < -0.4 is 4.74 Å². The minimum Gasteiger partial charge on any atom is -0.497 e. The van der Waals surface area contributed by atoms with Gasteiger partial charge in [0.05, 0.1) is 29.3 Å². The minimum absolute atomic E-state index is 0.0373. The van der Waals surface area contributed by atoms with Gasteiger partial charge in [-0.3, -0.25) is 0 Å². The van der Waals surface area contributed by atoms with Crippen molar-refractivity contribution in [2.24, 2.45) is 0 Å². The van der Waals surface area contributed by atoms with Crippen LogP contribution in [0.2, 0.25) is 0 Å². The molecule has 0 aliphatic carbocycles. The summed E-state index contributed by atoms with van der Waals surface area (Å²) in [6, 6.07) is 9.92. The van der Waals surface area contributed by atoms with E-state index in [2.05, 4.69) is 10.1 Å². The van der Waals surface area contributed by atoms with E-state index in [-0.39, 0.29) is 16.7 Å². The maximum atomic E-state index is 14.2. The summed E-state index contributed by atoms with van der Waals surface area (Å²) in [7, 11) is 1.54. The van der Waals surface area contributed by atoms with E-state index in [1.54, 1.807) is 24.3 Å². The second-order valence-corrected chi connectivity index (χ2v) is 7.50. The van der Waals surface area contributed by atoms with E-state index < -0.39 is 16.5 Å². The summed E-state index contributed by atoms with van der Waals surface area (Å²) in [4.78, 5) is 4.53. The lowest BCUT2D eigenvalue weighted by molar-refractivity contribution is 0.0968. The Hall–Kier alpha value is -2.72. The molecule has 0 saturated heterocycles. The Morgan fingerprint density at radius 2 is 1.81 bits per heavy atom. The van der Waals surface area contributed by atoms with Gasteiger partial charge in [-0.1, -0.05) is 0 Å². The first-order valence-electron chi connectivity index (χ1n) is 8.12. The molecule has 3 rings (SSSR count). The molecule has 2 aromatic heterocycles. The van der Waals surface area contributed by atoms with Crippen LogP contribution in [0.15, 0.2) is 30.3 Å². The van der Waals surface area contributed by atoms with Gasteiger partial charge in [0.15, 0.2) is 11.3 Å². The summed E-state index contributed by atoms with van der Waals surface area (Å²) in [5.74, 6) is 0.634. The van der Waals surface area contributed by atoms with Crippen molar-refractivity contribution in [1.29, 1.82) is 5.26 Å². The molecule has 0 spiro atoms. The molecular formula is C19H17ClF2N4O. The molecule has 2 heterocycles. The van der Waals surface area contributed by atoms with Crippen molar-refractivity contribution in [2.75, 3.05) is 7.11 Å². The molecule has 8 heteroatoms. The number of halogens is 3. The highest BCUT2D eigenvalue weighted by Gasteiger charge is 2.35. The lowest BCUT2D eigenvalue weighted by Crippen LogP contribution is -2.23. The number of aromatic nitrogens is 3. The molecule has 0 saturated carbocycles. The number of methoxy groups -OCH3 is 1. The maximum Gasteiger partial charge on any atom is 0.349 e. The van der Waals surface area contributed by atoms with Gasteiger partial charge in [-0.25, -0.2) is 9.67 Å². The third-order valence-electron chi connectivity index (χ3n) is 4.07. The number of pyridine rings is 1. The van der Waals surface area contributed by atoms with Gasteiger partial charge in [0, 0.05) is 5.56 Å². The number of benzene rings is 1. The van der Waals surface area contributed by atoms with E-state index in [9.17, 15) is 14.0 Å². The van der Waals surface area contributed by atoms with Crippen molar-refractivity contribution in [1.82, 2.24) is 14.8 Å². The second kappa shape index (κ2) is 6.46. The van der Waals surface area contributed by atoms with Crippen molar-refractivity contribution in [3.63, 3.8) is 0 Å². The molecule has 0 amide bonds. The SMILES string of the molecule is COc1ccc(-c2cc(C(F)(F)Cl)c3c(C#N)nn(C(C)(C)C)c3n2)cc1. The lowest BCUT2D eigenvalue weighted by atomic mass is 10.0. The number of hydrogen-bond acceptors (Lipinski definition) is 4. The van der Waals surface area contributed by atoms with Crippen LogP contribution in [0.3, 0.4) is 0 Å². The molecule has 1 aromatic carbocycles. The summed E-state index contributed by atoms with van der Waals surface area (Å²) in [6.45, 7) is 5.54. The normalized spacial score (nSPS) is 12.2. The third-order valence-corrected chi connectivity index (χ3v) is 4.27. The van der Waals surface area contributed by atoms with Crippen LogP contribution in [0, 0.1) is 11.3 Å². The maximum absolute atomic E-state index is 14.2. The number of hydrogen-bond donors (Lipinski definition) is 0. The molecule has 0 fully saturated rings. The van der Waals surface area contributed by atoms with Crippen molar-refractivity contribution >= 4 is 22.6 Å². The summed E-state index contributed by atoms with van der Waals surface area (Å²) >= 11 is 5.37. The molecule has 0 unspecified atom stereocenters. The number of ether oxygens (including phenoxy) is 1. The predicted molar refractivity (Wildman–Crippen MR) is 99.0 cm³/mol. The molecule has 0 bridgehead atoms. The molecule has 5 nitrogen and oxygen atoms in total. The van der Waals surface area contributed by atoms with Crippen molar-refractivity contribution < 1.29 is 13.5 Å². The number of alkyl halides is 3. The highest BCUT2D eigenvalue weighted by atomic mass is 35.5. The monoisotopic (exact) mass is 390 g/mol. The molecule has 0 aliphatic rings. The van der Waals surface area contributed by atoms with E-state index >= 15 is 0 Å². The molecule has 0 atom stereocenters. The van der Waals surface area contributed by atoms with Gasteiger partial charge < -0.3 is 4.74 Å². The first kappa shape index (κ1) is 19.1. The summed E-state index contributed by atoms with van der Waals surface area (Å²) in [5.41, 5.74) is -0.105. The molecule has 0 N–H and O–H groups in total. The Kier molecular flexibility index (Phi) is 4.56. The fraction of sp³-hybridized carbons (Fsp3) is 0.316. The Bertz CT molecular complexity index is 1040. The first-order valence-corrected chi connectivity index (χ1v) is 8.50. The Labute approximate surface area is 160 Å². The molecular weight excluding hydrogens is 374 g/mol. The highest BCUT2D eigenvalue weighted by Crippen LogP contribution is 2.40. The first-order chi connectivity index (χ1) is 12.6. The zero-order valence-corrected chi connectivity index (χ0v) is 16.0. The molecule has 0 radical (unpaired) electrons. The Balaban J connectivity index is 2.39. The van der Waals surface area contributed by atoms with Crippen LogP contribution in [0.1, 0.15) is 32.0 Å². The van der Waals surface area contributed by atoms with Gasteiger partial charge >= 0.3 is 5.38 Å². The molecule has 0 aliphatic heterocycles. The quantitative estimate of drug-likeness (QED) is 0.589. The summed E-state index contributed by atoms with van der Waals surface area (Å²) < 4.78 is 35.0. The van der Waals surface area contributed by atoms with Crippen LogP contribution in [0.5, 0.6) is 5.75 Å². The smallest absolute Gasteiger partial charge is 0.349 e. The van der Waals surface area contributed by atoms with Crippen LogP contribution in [0.4, 0.5) is 8.78 Å². The third kappa shape index (κ3) is 3.45. The fourth-order valence-electron chi connectivity index (χ4n) is 2.79.